The number of aliphatic hydroxyl groups excluding tert-OH is 1. The summed E-state index contributed by atoms with van der Waals surface area (Å²) in [5.74, 6) is 1.38. The molecule has 0 amide bonds. The summed E-state index contributed by atoms with van der Waals surface area (Å²) < 4.78 is 16.8. The predicted molar refractivity (Wildman–Crippen MR) is 108 cm³/mol. The van der Waals surface area contributed by atoms with Crippen LogP contribution in [0.2, 0.25) is 0 Å². The maximum Gasteiger partial charge on any atom is 0.161 e. The molecule has 1 heterocycles. The summed E-state index contributed by atoms with van der Waals surface area (Å²) in [5.41, 5.74) is 1.20. The normalized spacial score (nSPS) is 17.5. The third kappa shape index (κ3) is 6.96. The van der Waals surface area contributed by atoms with E-state index in [1.807, 2.05) is 19.2 Å². The minimum absolute atomic E-state index is 0.247. The molecule has 27 heavy (non-hydrogen) atoms. The van der Waals surface area contributed by atoms with E-state index in [9.17, 15) is 5.11 Å². The van der Waals surface area contributed by atoms with Crippen LogP contribution in [0, 0.1) is 0 Å². The first-order valence-electron chi connectivity index (χ1n) is 9.86. The molecule has 0 saturated carbocycles. The Bertz CT molecular complexity index is 559. The first-order valence-corrected chi connectivity index (χ1v) is 9.86. The van der Waals surface area contributed by atoms with Crippen LogP contribution in [0.15, 0.2) is 18.2 Å². The third-order valence-electron chi connectivity index (χ3n) is 5.31. The number of methoxy groups -OCH3 is 2. The maximum atomic E-state index is 10.2. The van der Waals surface area contributed by atoms with Crippen molar-refractivity contribution in [2.45, 2.75) is 51.5 Å². The monoisotopic (exact) mass is 380 g/mol. The topological polar surface area (TPSA) is 54.4 Å². The van der Waals surface area contributed by atoms with E-state index in [1.54, 1.807) is 14.2 Å². The van der Waals surface area contributed by atoms with Crippen molar-refractivity contribution in [3.63, 3.8) is 0 Å². The van der Waals surface area contributed by atoms with E-state index in [1.165, 1.54) is 5.56 Å². The van der Waals surface area contributed by atoms with Crippen molar-refractivity contribution in [3.05, 3.63) is 23.8 Å². The van der Waals surface area contributed by atoms with Gasteiger partial charge in [0.15, 0.2) is 11.5 Å². The number of hydrogen-bond donors (Lipinski definition) is 1. The third-order valence-corrected chi connectivity index (χ3v) is 5.31. The second-order valence-corrected chi connectivity index (χ2v) is 7.69. The van der Waals surface area contributed by atoms with Crippen molar-refractivity contribution in [3.8, 4) is 11.5 Å². The Morgan fingerprint density at radius 2 is 1.89 bits per heavy atom. The van der Waals surface area contributed by atoms with Crippen LogP contribution in [-0.4, -0.2) is 80.7 Å². The number of aliphatic hydroxyl groups is 1. The number of hydrogen-bond acceptors (Lipinski definition) is 6. The summed E-state index contributed by atoms with van der Waals surface area (Å²) >= 11 is 0. The maximum absolute atomic E-state index is 10.2. The second-order valence-electron chi connectivity index (χ2n) is 7.69. The van der Waals surface area contributed by atoms with Gasteiger partial charge in [0.1, 0.15) is 12.7 Å². The largest absolute Gasteiger partial charge is 0.493 e. The fourth-order valence-electron chi connectivity index (χ4n) is 3.27. The molecule has 1 aromatic rings. The van der Waals surface area contributed by atoms with Crippen LogP contribution in [0.3, 0.4) is 0 Å². The number of ether oxygens (including phenoxy) is 3. The van der Waals surface area contributed by atoms with Crippen LogP contribution < -0.4 is 9.47 Å². The van der Waals surface area contributed by atoms with Crippen molar-refractivity contribution < 1.29 is 19.3 Å². The van der Waals surface area contributed by atoms with Crippen molar-refractivity contribution >= 4 is 0 Å². The average molecular weight is 381 g/mol. The highest BCUT2D eigenvalue weighted by molar-refractivity contribution is 5.43. The molecule has 1 N–H and O–H groups in total. The molecule has 0 radical (unpaired) electrons. The molecule has 2 rings (SSSR count). The lowest BCUT2D eigenvalue weighted by Crippen LogP contribution is -2.37. The van der Waals surface area contributed by atoms with Gasteiger partial charge in [-0.3, -0.25) is 4.90 Å². The number of benzene rings is 1. The van der Waals surface area contributed by atoms with E-state index in [0.717, 1.165) is 32.5 Å². The van der Waals surface area contributed by atoms with Crippen molar-refractivity contribution in [2.75, 3.05) is 47.5 Å². The van der Waals surface area contributed by atoms with Gasteiger partial charge in [0, 0.05) is 39.3 Å². The molecule has 0 bridgehead atoms. The molecule has 0 aromatic heterocycles. The standard InChI is InChI=1S/C21H36N2O4/c1-16(2)22(3)14-18(24)15-27-20-7-6-17(12-21(20)26-5)13-23-10-8-19(25-4)9-11-23/h6-7,12,16,18-19,24H,8-11,13-15H2,1-5H3. The smallest absolute Gasteiger partial charge is 0.161 e. The number of likely N-dealkylation sites (tertiary alicyclic amines) is 1. The molecule has 1 aliphatic heterocycles. The number of likely N-dealkylation sites (N-methyl/N-ethyl adjacent to an activating group) is 1. The summed E-state index contributed by atoms with van der Waals surface area (Å²) in [4.78, 5) is 4.54. The Kier molecular flexibility index (Phi) is 8.83. The molecule has 6 heteroatoms. The average Bonchev–Trinajstić information content (AvgIpc) is 2.67. The molecule has 1 aromatic carbocycles. The van der Waals surface area contributed by atoms with Gasteiger partial charge in [-0.1, -0.05) is 6.07 Å². The molecular formula is C21H36N2O4. The van der Waals surface area contributed by atoms with Gasteiger partial charge in [-0.25, -0.2) is 0 Å². The molecule has 1 unspecified atom stereocenters. The van der Waals surface area contributed by atoms with Gasteiger partial charge < -0.3 is 24.2 Å². The Morgan fingerprint density at radius 3 is 2.48 bits per heavy atom. The van der Waals surface area contributed by atoms with Gasteiger partial charge in [-0.15, -0.1) is 0 Å². The molecule has 154 valence electrons. The minimum Gasteiger partial charge on any atom is -0.493 e. The van der Waals surface area contributed by atoms with Gasteiger partial charge in [0.25, 0.3) is 0 Å². The first kappa shape index (κ1) is 22.0. The fraction of sp³-hybridized carbons (Fsp3) is 0.714. The highest BCUT2D eigenvalue weighted by Gasteiger charge is 2.19. The Hall–Kier alpha value is -1.34. The van der Waals surface area contributed by atoms with Gasteiger partial charge >= 0.3 is 0 Å². The minimum atomic E-state index is -0.538. The van der Waals surface area contributed by atoms with E-state index in [4.69, 9.17) is 14.2 Å². The SMILES string of the molecule is COc1cc(CN2CCC(OC)CC2)ccc1OCC(O)CN(C)C(C)C. The molecule has 1 fully saturated rings. The molecule has 6 nitrogen and oxygen atoms in total. The molecule has 1 atom stereocenters. The molecule has 1 saturated heterocycles. The van der Waals surface area contributed by atoms with E-state index >= 15 is 0 Å². The first-order chi connectivity index (χ1) is 12.9. The lowest BCUT2D eigenvalue weighted by atomic mass is 10.1. The van der Waals surface area contributed by atoms with Crippen LogP contribution in [0.1, 0.15) is 32.3 Å². The van der Waals surface area contributed by atoms with Crippen LogP contribution in [0.25, 0.3) is 0 Å². The number of piperidine rings is 1. The van der Waals surface area contributed by atoms with Gasteiger partial charge in [0.2, 0.25) is 0 Å². The lowest BCUT2D eigenvalue weighted by Gasteiger charge is -2.31. The summed E-state index contributed by atoms with van der Waals surface area (Å²) in [7, 11) is 5.44. The van der Waals surface area contributed by atoms with Gasteiger partial charge in [-0.05, 0) is 51.4 Å². The van der Waals surface area contributed by atoms with Crippen LogP contribution in [0.5, 0.6) is 11.5 Å². The fourth-order valence-corrected chi connectivity index (χ4v) is 3.27. The molecule has 0 aliphatic carbocycles. The Morgan fingerprint density at radius 1 is 1.19 bits per heavy atom. The molecule has 1 aliphatic rings. The zero-order valence-electron chi connectivity index (χ0n) is 17.5. The number of nitrogens with zero attached hydrogens (tertiary/aromatic N) is 2. The summed E-state index contributed by atoms with van der Waals surface area (Å²) in [6, 6.07) is 6.44. The highest BCUT2D eigenvalue weighted by atomic mass is 16.5. The van der Waals surface area contributed by atoms with Gasteiger partial charge in [0.05, 0.1) is 13.2 Å². The molecular weight excluding hydrogens is 344 g/mol. The predicted octanol–water partition coefficient (Wildman–Crippen LogP) is 2.39. The van der Waals surface area contributed by atoms with Crippen molar-refractivity contribution in [2.24, 2.45) is 0 Å². The second kappa shape index (κ2) is 10.9. The number of rotatable bonds is 10. The van der Waals surface area contributed by atoms with Crippen LogP contribution in [-0.2, 0) is 11.3 Å². The van der Waals surface area contributed by atoms with Gasteiger partial charge in [-0.2, -0.15) is 0 Å². The van der Waals surface area contributed by atoms with E-state index in [2.05, 4.69) is 29.7 Å². The Labute approximate surface area is 164 Å². The zero-order chi connectivity index (χ0) is 19.8. The zero-order valence-corrected chi connectivity index (χ0v) is 17.5. The molecule has 0 spiro atoms. The van der Waals surface area contributed by atoms with E-state index in [-0.39, 0.29) is 6.61 Å². The Balaban J connectivity index is 1.88. The lowest BCUT2D eigenvalue weighted by molar-refractivity contribution is 0.0388. The van der Waals surface area contributed by atoms with Crippen molar-refractivity contribution in [1.29, 1.82) is 0 Å². The van der Waals surface area contributed by atoms with Crippen molar-refractivity contribution in [1.82, 2.24) is 9.80 Å². The summed E-state index contributed by atoms with van der Waals surface area (Å²) in [6.45, 7) is 8.03. The summed E-state index contributed by atoms with van der Waals surface area (Å²) in [5, 5.41) is 10.2. The van der Waals surface area contributed by atoms with Crippen LogP contribution >= 0.6 is 0 Å². The van der Waals surface area contributed by atoms with E-state index < -0.39 is 6.10 Å². The van der Waals surface area contributed by atoms with E-state index in [0.29, 0.717) is 30.2 Å². The van der Waals surface area contributed by atoms with Crippen LogP contribution in [0.4, 0.5) is 0 Å². The highest BCUT2D eigenvalue weighted by Crippen LogP contribution is 2.29. The quantitative estimate of drug-likeness (QED) is 0.673. The summed E-state index contributed by atoms with van der Waals surface area (Å²) in [6.07, 6.45) is 2.02.